The largest absolute Gasteiger partial charge is 0.512 e. The van der Waals surface area contributed by atoms with Crippen molar-refractivity contribution < 1.29 is 170 Å². The fraction of sp³-hybridized carbons (Fsp3) is 0.182. The maximum atomic E-state index is 10.1. The Labute approximate surface area is 942 Å². The molecular formula is C121H115Ir6N8O10S-7. The number of carboxylic acids is 1. The number of carbonyl (C=O) groups is 5. The average molecular weight is 3030 g/mol. The van der Waals surface area contributed by atoms with Gasteiger partial charge in [0.05, 0.1) is 28.7 Å². The minimum Gasteiger partial charge on any atom is -0.512 e. The molecule has 3 atom stereocenters. The standard InChI is InChI=1S/2C15H14N.C15H12N.C14H12N.C13H8NS.C12H10N.C11H8N.C6H5NO2.4C5H8O2.6Ir/c3*1-15(14-8-4-5-11-16-14)10-9-12-6-2-3-7-13(12)15;1-2-6-11(5-1)14-10-9-12-7-3-4-8-13(12)15-14;1-2-7-12-10(5-1)9-13(15-12)11-6-3-4-8-14-11;1-2-5-11-9-8-10-6-3-4-7-12(10)13-11;1-2-6-10(7-3-1)11-8-4-5-9-12-11;8-6(9)5-3-1-2-4-7-5;4*1-4(6)3-5(2)7;;;;;;/h2*2-6,8,11H,9-10H2,1H3;2-6,8-11H,1H3;3-4,7-10H,1-2,5H2;1-8H;3-9H,1H3;1-6,8-9H;1-4H,(H,8,9);4*3,6H,1-2H3;;;;;;/q7*-1;;;;;;;;;;;. The summed E-state index contributed by atoms with van der Waals surface area (Å²) in [6.45, 7) is 20.0. The van der Waals surface area contributed by atoms with Gasteiger partial charge in [-0.2, -0.15) is 89.5 Å². The van der Waals surface area contributed by atoms with Crippen LogP contribution in [0.2, 0.25) is 0 Å². The molecule has 0 spiro atoms. The summed E-state index contributed by atoms with van der Waals surface area (Å²) in [6, 6.07) is 111. The molecule has 7 aromatic carbocycles. The Bertz CT molecular complexity index is 6650. The van der Waals surface area contributed by atoms with Gasteiger partial charge in [0.25, 0.3) is 0 Å². The van der Waals surface area contributed by atoms with Gasteiger partial charge in [0.15, 0.2) is 23.1 Å². The van der Waals surface area contributed by atoms with E-state index >= 15 is 0 Å². The predicted octanol–water partition coefficient (Wildman–Crippen LogP) is 27.4. The van der Waals surface area contributed by atoms with Crippen LogP contribution in [0, 0.1) is 42.5 Å². The summed E-state index contributed by atoms with van der Waals surface area (Å²) in [5.41, 5.74) is 19.9. The number of hydrogen-bond donors (Lipinski definition) is 5. The van der Waals surface area contributed by atoms with Crippen molar-refractivity contribution in [3.05, 3.63) is 486 Å². The van der Waals surface area contributed by atoms with Crippen molar-refractivity contribution in [2.24, 2.45) is 0 Å². The van der Waals surface area contributed by atoms with E-state index in [1.54, 1.807) is 29.7 Å². The van der Waals surface area contributed by atoms with Gasteiger partial charge < -0.3 is 45.5 Å². The molecule has 766 valence electrons. The number of pyridine rings is 8. The number of carboxylic acid groups (broad SMARTS) is 1. The zero-order chi connectivity index (χ0) is 101. The Morgan fingerprint density at radius 1 is 0.390 bits per heavy atom. The van der Waals surface area contributed by atoms with Gasteiger partial charge in [0.2, 0.25) is 0 Å². The minimum atomic E-state index is -0.990. The number of aromatic nitrogens is 8. The molecule has 9 aromatic heterocycles. The van der Waals surface area contributed by atoms with E-state index in [0.29, 0.717) is 0 Å². The van der Waals surface area contributed by atoms with E-state index in [0.717, 1.165) is 99.9 Å². The molecule has 25 heteroatoms. The number of aliphatic hydroxyl groups excluding tert-OH is 4. The smallest absolute Gasteiger partial charge is 0.354 e. The van der Waals surface area contributed by atoms with Crippen LogP contribution in [-0.2, 0) is 169 Å². The SMILES string of the molecule is CC(=O)C=C(C)O.CC(=O)C=C(C)O.CC(=O)C=C(C)O.CC(=O)C=C(C)O.CC1(c2ccccn2)C=Cc2ccc[c-]c21.CC1(c2ccccn2)CCc2ccc[c-]c21.CC1(c2ccccn2)CCc2ccc[c-]c21.C[C-]=Cc1ccc2ccccc2n1.O=C(O)c1ccccn1.[C-]1=C(c2ccc3ccccc3n2)CCC1.[Ir].[Ir].[Ir].[Ir].[Ir].[Ir].[c-]1c(-c2ccccn2)sc2ccccc12.[c-]1ccccc1-c1ccccn1. The van der Waals surface area contributed by atoms with Gasteiger partial charge in [0.1, 0.15) is 5.69 Å². The van der Waals surface area contributed by atoms with Crippen LogP contribution < -0.4 is 0 Å². The van der Waals surface area contributed by atoms with Crippen LogP contribution in [0.3, 0.4) is 0 Å². The van der Waals surface area contributed by atoms with E-state index < -0.39 is 5.97 Å². The molecule has 20 rings (SSSR count). The molecule has 4 aliphatic carbocycles. The van der Waals surface area contributed by atoms with Gasteiger partial charge in [-0.3, -0.25) is 46.3 Å². The number of carbonyl (C=O) groups excluding carboxylic acids is 4. The predicted molar refractivity (Wildman–Crippen MR) is 563 cm³/mol. The monoisotopic (exact) mass is 3030 g/mol. The van der Waals surface area contributed by atoms with Gasteiger partial charge in [-0.1, -0.05) is 166 Å². The fourth-order valence-electron chi connectivity index (χ4n) is 15.2. The molecule has 0 saturated carbocycles. The van der Waals surface area contributed by atoms with Gasteiger partial charge in [0, 0.05) is 226 Å². The molecule has 0 amide bonds. The van der Waals surface area contributed by atoms with Crippen LogP contribution in [0.1, 0.15) is 188 Å². The summed E-state index contributed by atoms with van der Waals surface area (Å²) >= 11 is 1.73. The molecule has 18 nitrogen and oxygen atoms in total. The van der Waals surface area contributed by atoms with Crippen molar-refractivity contribution in [1.29, 1.82) is 0 Å². The number of aliphatic hydroxyl groups is 4. The number of thiophene rings is 1. The summed E-state index contributed by atoms with van der Waals surface area (Å²) in [5.74, 6) is -1.24. The van der Waals surface area contributed by atoms with Crippen LogP contribution in [0.25, 0.3) is 71.4 Å². The van der Waals surface area contributed by atoms with Crippen molar-refractivity contribution in [3.8, 4) is 21.8 Å². The van der Waals surface area contributed by atoms with Gasteiger partial charge in [-0.15, -0.1) is 113 Å². The Balaban J connectivity index is 0.000000413. The van der Waals surface area contributed by atoms with Crippen LogP contribution in [-0.4, -0.2) is 94.5 Å². The molecule has 146 heavy (non-hydrogen) atoms. The molecule has 3 unspecified atom stereocenters. The summed E-state index contributed by atoms with van der Waals surface area (Å²) in [4.78, 5) is 86.0. The van der Waals surface area contributed by atoms with E-state index in [9.17, 15) is 24.0 Å². The average Bonchev–Trinajstić information content (AvgIpc) is 1.62. The zero-order valence-electron chi connectivity index (χ0n) is 82.9. The molecule has 9 heterocycles. The first-order valence-electron chi connectivity index (χ1n) is 45.6. The number of para-hydroxylation sites is 2. The number of nitrogens with zero attached hydrogens (tertiary/aromatic N) is 8. The molecule has 0 saturated heterocycles. The van der Waals surface area contributed by atoms with Gasteiger partial charge >= 0.3 is 5.97 Å². The van der Waals surface area contributed by atoms with E-state index in [1.165, 1.54) is 158 Å². The number of allylic oxidation sites excluding steroid dienone is 12. The van der Waals surface area contributed by atoms with Crippen LogP contribution >= 0.6 is 11.3 Å². The Hall–Kier alpha value is -12.4. The number of fused-ring (bicyclic) bond motifs is 6. The Morgan fingerprint density at radius 3 is 1.23 bits per heavy atom. The number of aryl methyl sites for hydroxylation is 2. The van der Waals surface area contributed by atoms with E-state index in [-0.39, 0.29) is 189 Å². The third-order valence-corrected chi connectivity index (χ3v) is 22.7. The molecule has 0 aliphatic heterocycles. The first kappa shape index (κ1) is 128. The summed E-state index contributed by atoms with van der Waals surface area (Å²) < 4.78 is 1.26. The molecule has 4 aliphatic rings. The van der Waals surface area contributed by atoms with Crippen LogP contribution in [0.15, 0.2) is 376 Å². The van der Waals surface area contributed by atoms with Crippen LogP contribution in [0.5, 0.6) is 0 Å². The molecule has 16 aromatic rings. The Kier molecular flexibility index (Phi) is 59.0. The minimum absolute atomic E-state index is 0. The second-order valence-corrected chi connectivity index (χ2v) is 34.2. The van der Waals surface area contributed by atoms with Gasteiger partial charge in [-0.25, -0.2) is 27.2 Å². The first-order valence-corrected chi connectivity index (χ1v) is 46.4. The maximum absolute atomic E-state index is 10.1. The van der Waals surface area contributed by atoms with Gasteiger partial charge in [-0.05, 0) is 174 Å². The second-order valence-electron chi connectivity index (χ2n) is 33.1. The summed E-state index contributed by atoms with van der Waals surface area (Å²) in [5, 5.41) is 45.3. The molecule has 6 radical (unpaired) electrons. The summed E-state index contributed by atoms with van der Waals surface area (Å²) in [7, 11) is 0. The van der Waals surface area contributed by atoms with E-state index in [2.05, 4.69) is 231 Å². The zero-order valence-corrected chi connectivity index (χ0v) is 98.0. The number of hydrogen-bond acceptors (Lipinski definition) is 18. The van der Waals surface area contributed by atoms with Crippen molar-refractivity contribution in [1.82, 2.24) is 39.9 Å². The van der Waals surface area contributed by atoms with E-state index in [1.807, 2.05) is 189 Å². The molecule has 0 bridgehead atoms. The number of benzene rings is 7. The summed E-state index contributed by atoms with van der Waals surface area (Å²) in [6.07, 6.45) is 35.9. The third kappa shape index (κ3) is 41.9. The first-order chi connectivity index (χ1) is 67.5. The Morgan fingerprint density at radius 2 is 0.815 bits per heavy atom. The van der Waals surface area contributed by atoms with Crippen molar-refractivity contribution >= 4 is 90.1 Å². The van der Waals surface area contributed by atoms with Crippen LogP contribution in [0.4, 0.5) is 0 Å². The molecular weight excluding hydrogens is 2910 g/mol. The molecule has 5 N–H and O–H groups in total. The van der Waals surface area contributed by atoms with Crippen molar-refractivity contribution in [3.63, 3.8) is 0 Å². The quantitative estimate of drug-likeness (QED) is 0.0431. The molecule has 0 fully saturated rings. The van der Waals surface area contributed by atoms with Crippen molar-refractivity contribution in [2.45, 2.75) is 144 Å². The normalized spacial score (nSPS) is 14.7. The van der Waals surface area contributed by atoms with E-state index in [4.69, 9.17) is 25.5 Å². The topological polar surface area (TPSA) is 290 Å². The number of aromatic carboxylic acids is 1. The second kappa shape index (κ2) is 67.4. The van der Waals surface area contributed by atoms with Crippen molar-refractivity contribution in [2.75, 3.05) is 0 Å². The number of ketones is 4. The maximum Gasteiger partial charge on any atom is 0.354 e. The number of rotatable bonds is 12. The fourth-order valence-corrected chi connectivity index (χ4v) is 16.2. The third-order valence-electron chi connectivity index (χ3n) is 21.6.